The van der Waals surface area contributed by atoms with E-state index in [0.717, 1.165) is 4.88 Å². The van der Waals surface area contributed by atoms with Gasteiger partial charge in [0.2, 0.25) is 11.8 Å². The number of nitrogens with zero attached hydrogens (tertiary/aromatic N) is 1. The predicted octanol–water partition coefficient (Wildman–Crippen LogP) is 1.71. The lowest BCUT2D eigenvalue weighted by molar-refractivity contribution is -0.145. The molecule has 0 radical (unpaired) electrons. The van der Waals surface area contributed by atoms with E-state index in [0.29, 0.717) is 32.2 Å². The second-order valence-electron chi connectivity index (χ2n) is 5.94. The topological polar surface area (TPSA) is 86.7 Å². The van der Waals surface area contributed by atoms with Crippen LogP contribution in [0.25, 0.3) is 0 Å². The van der Waals surface area contributed by atoms with Crippen molar-refractivity contribution in [3.63, 3.8) is 0 Å². The van der Waals surface area contributed by atoms with Crippen LogP contribution < -0.4 is 5.32 Å². The van der Waals surface area contributed by atoms with Gasteiger partial charge in [-0.25, -0.2) is 0 Å². The van der Waals surface area contributed by atoms with Crippen molar-refractivity contribution in [2.75, 3.05) is 13.6 Å². The van der Waals surface area contributed by atoms with Crippen molar-refractivity contribution >= 4 is 29.1 Å². The van der Waals surface area contributed by atoms with Gasteiger partial charge in [-0.1, -0.05) is 6.07 Å². The van der Waals surface area contributed by atoms with Crippen LogP contribution in [0.3, 0.4) is 0 Å². The second-order valence-corrected chi connectivity index (χ2v) is 6.97. The average molecular weight is 338 g/mol. The van der Waals surface area contributed by atoms with Gasteiger partial charge < -0.3 is 15.3 Å². The van der Waals surface area contributed by atoms with Crippen LogP contribution in [0.15, 0.2) is 17.5 Å². The van der Waals surface area contributed by atoms with Crippen molar-refractivity contribution in [1.82, 2.24) is 10.2 Å². The molecular weight excluding hydrogens is 316 g/mol. The summed E-state index contributed by atoms with van der Waals surface area (Å²) in [4.78, 5) is 37.7. The number of amides is 2. The van der Waals surface area contributed by atoms with Gasteiger partial charge >= 0.3 is 5.97 Å². The van der Waals surface area contributed by atoms with E-state index in [1.54, 1.807) is 18.4 Å². The predicted molar refractivity (Wildman–Crippen MR) is 86.9 cm³/mol. The minimum atomic E-state index is -0.780. The van der Waals surface area contributed by atoms with Crippen molar-refractivity contribution in [3.05, 3.63) is 22.4 Å². The maximum absolute atomic E-state index is 12.3. The Bertz CT molecular complexity index is 550. The monoisotopic (exact) mass is 338 g/mol. The van der Waals surface area contributed by atoms with Crippen molar-refractivity contribution in [3.8, 4) is 0 Å². The first-order chi connectivity index (χ1) is 11.0. The first-order valence-corrected chi connectivity index (χ1v) is 8.62. The SMILES string of the molecule is CN(CC(=O)NCc1cccs1)C(=O)C1CCC(C(=O)O)CC1. The molecule has 0 unspecified atom stereocenters. The van der Waals surface area contributed by atoms with Crippen LogP contribution in [-0.2, 0) is 20.9 Å². The molecule has 0 atom stereocenters. The molecule has 1 heterocycles. The normalized spacial score (nSPS) is 20.7. The number of carbonyl (C=O) groups excluding carboxylic acids is 2. The Labute approximate surface area is 139 Å². The molecule has 0 spiro atoms. The fraction of sp³-hybridized carbons (Fsp3) is 0.562. The number of nitrogens with one attached hydrogen (secondary N) is 1. The van der Waals surface area contributed by atoms with E-state index in [-0.39, 0.29) is 30.2 Å². The Kier molecular flexibility index (Phi) is 6.15. The number of carboxylic acid groups (broad SMARTS) is 1. The van der Waals surface area contributed by atoms with Crippen LogP contribution in [0.2, 0.25) is 0 Å². The quantitative estimate of drug-likeness (QED) is 0.827. The van der Waals surface area contributed by atoms with Gasteiger partial charge in [-0.3, -0.25) is 14.4 Å². The van der Waals surface area contributed by atoms with Crippen LogP contribution in [0.1, 0.15) is 30.6 Å². The number of hydrogen-bond acceptors (Lipinski definition) is 4. The summed E-state index contributed by atoms with van der Waals surface area (Å²) in [6.07, 6.45) is 2.22. The van der Waals surface area contributed by atoms with E-state index in [4.69, 9.17) is 5.11 Å². The summed E-state index contributed by atoms with van der Waals surface area (Å²) in [5.74, 6) is -1.54. The Hall–Kier alpha value is -1.89. The van der Waals surface area contributed by atoms with E-state index in [1.165, 1.54) is 4.90 Å². The summed E-state index contributed by atoms with van der Waals surface area (Å²) < 4.78 is 0. The molecule has 1 aromatic heterocycles. The summed E-state index contributed by atoms with van der Waals surface area (Å²) in [5.41, 5.74) is 0. The zero-order chi connectivity index (χ0) is 16.8. The number of carbonyl (C=O) groups is 3. The molecule has 0 aromatic carbocycles. The highest BCUT2D eigenvalue weighted by Gasteiger charge is 2.31. The summed E-state index contributed by atoms with van der Waals surface area (Å²) in [7, 11) is 1.62. The number of aliphatic carboxylic acids is 1. The van der Waals surface area contributed by atoms with Crippen LogP contribution in [-0.4, -0.2) is 41.4 Å². The fourth-order valence-electron chi connectivity index (χ4n) is 2.85. The van der Waals surface area contributed by atoms with Crippen molar-refractivity contribution < 1.29 is 19.5 Å². The first-order valence-electron chi connectivity index (χ1n) is 7.74. The van der Waals surface area contributed by atoms with Crippen LogP contribution >= 0.6 is 11.3 Å². The number of hydrogen-bond donors (Lipinski definition) is 2. The van der Waals surface area contributed by atoms with E-state index in [9.17, 15) is 14.4 Å². The Morgan fingerprint density at radius 1 is 1.26 bits per heavy atom. The van der Waals surface area contributed by atoms with Crippen LogP contribution in [0.5, 0.6) is 0 Å². The number of likely N-dealkylation sites (N-methyl/N-ethyl adjacent to an activating group) is 1. The largest absolute Gasteiger partial charge is 0.481 e. The highest BCUT2D eigenvalue weighted by molar-refractivity contribution is 7.09. The van der Waals surface area contributed by atoms with Crippen molar-refractivity contribution in [2.45, 2.75) is 32.2 Å². The highest BCUT2D eigenvalue weighted by Crippen LogP contribution is 2.29. The summed E-state index contributed by atoms with van der Waals surface area (Å²) in [6.45, 7) is 0.505. The lowest BCUT2D eigenvalue weighted by atomic mass is 9.81. The molecule has 7 heteroatoms. The average Bonchev–Trinajstić information content (AvgIpc) is 3.05. The molecule has 1 fully saturated rings. The third kappa shape index (κ3) is 5.06. The van der Waals surface area contributed by atoms with Crippen molar-refractivity contribution in [2.24, 2.45) is 11.8 Å². The van der Waals surface area contributed by atoms with Gasteiger partial charge in [0, 0.05) is 17.8 Å². The molecule has 0 saturated heterocycles. The standard InChI is InChI=1S/C16H22N2O4S/c1-18(10-14(19)17-9-13-3-2-8-23-13)15(20)11-4-6-12(7-5-11)16(21)22/h2-3,8,11-12H,4-7,9-10H2,1H3,(H,17,19)(H,21,22). The molecule has 1 aliphatic rings. The van der Waals surface area contributed by atoms with Crippen molar-refractivity contribution in [1.29, 1.82) is 0 Å². The smallest absolute Gasteiger partial charge is 0.306 e. The lowest BCUT2D eigenvalue weighted by Gasteiger charge is -2.28. The maximum Gasteiger partial charge on any atom is 0.306 e. The molecule has 0 bridgehead atoms. The summed E-state index contributed by atoms with van der Waals surface area (Å²) >= 11 is 1.57. The highest BCUT2D eigenvalue weighted by atomic mass is 32.1. The zero-order valence-corrected chi connectivity index (χ0v) is 14.0. The van der Waals surface area contributed by atoms with E-state index in [2.05, 4.69) is 5.32 Å². The Morgan fingerprint density at radius 3 is 2.48 bits per heavy atom. The molecule has 1 aromatic rings. The van der Waals surface area contributed by atoms with Gasteiger partial charge in [0.1, 0.15) is 0 Å². The minimum Gasteiger partial charge on any atom is -0.481 e. The Morgan fingerprint density at radius 2 is 1.91 bits per heavy atom. The van der Waals surface area contributed by atoms with Gasteiger partial charge in [0.05, 0.1) is 19.0 Å². The zero-order valence-electron chi connectivity index (χ0n) is 13.2. The fourth-order valence-corrected chi connectivity index (χ4v) is 3.49. The molecule has 126 valence electrons. The third-order valence-corrected chi connectivity index (χ3v) is 5.10. The molecule has 6 nitrogen and oxygen atoms in total. The first kappa shape index (κ1) is 17.5. The van der Waals surface area contributed by atoms with E-state index in [1.807, 2.05) is 17.5 Å². The molecule has 2 N–H and O–H groups in total. The summed E-state index contributed by atoms with van der Waals surface area (Å²) in [6, 6.07) is 3.87. The molecule has 1 saturated carbocycles. The third-order valence-electron chi connectivity index (χ3n) is 4.22. The van der Waals surface area contributed by atoms with Gasteiger partial charge in [-0.15, -0.1) is 11.3 Å². The number of thiophene rings is 1. The number of carboxylic acids is 1. The van der Waals surface area contributed by atoms with Gasteiger partial charge in [0.15, 0.2) is 0 Å². The molecule has 0 aliphatic heterocycles. The van der Waals surface area contributed by atoms with E-state index >= 15 is 0 Å². The van der Waals surface area contributed by atoms with Gasteiger partial charge in [-0.05, 0) is 37.1 Å². The summed E-state index contributed by atoms with van der Waals surface area (Å²) in [5, 5.41) is 13.7. The molecule has 2 rings (SSSR count). The van der Waals surface area contributed by atoms with Gasteiger partial charge in [-0.2, -0.15) is 0 Å². The molecule has 1 aliphatic carbocycles. The lowest BCUT2D eigenvalue weighted by Crippen LogP contribution is -2.41. The van der Waals surface area contributed by atoms with Gasteiger partial charge in [0.25, 0.3) is 0 Å². The molecule has 23 heavy (non-hydrogen) atoms. The molecule has 2 amide bonds. The minimum absolute atomic E-state index is 0.0308. The Balaban J connectivity index is 1.74. The second kappa shape index (κ2) is 8.10. The van der Waals surface area contributed by atoms with E-state index < -0.39 is 5.97 Å². The maximum atomic E-state index is 12.3. The van der Waals surface area contributed by atoms with Crippen LogP contribution in [0.4, 0.5) is 0 Å². The molecular formula is C16H22N2O4S. The number of rotatable bonds is 6. The van der Waals surface area contributed by atoms with Crippen LogP contribution in [0, 0.1) is 11.8 Å².